The summed E-state index contributed by atoms with van der Waals surface area (Å²) in [5, 5.41) is 47.3. The summed E-state index contributed by atoms with van der Waals surface area (Å²) in [6.07, 6.45) is -6.50. The lowest BCUT2D eigenvalue weighted by atomic mass is 9.44. The van der Waals surface area contributed by atoms with Crippen LogP contribution in [0.25, 0.3) is 0 Å². The summed E-state index contributed by atoms with van der Waals surface area (Å²) >= 11 is 0. The van der Waals surface area contributed by atoms with Crippen molar-refractivity contribution in [3.05, 3.63) is 47.0 Å². The van der Waals surface area contributed by atoms with Crippen LogP contribution in [-0.2, 0) is 28.6 Å². The van der Waals surface area contributed by atoms with Gasteiger partial charge in [-0.2, -0.15) is 0 Å². The maximum atomic E-state index is 14.9. The van der Waals surface area contributed by atoms with Crippen LogP contribution in [-0.4, -0.2) is 86.3 Å². The fraction of sp³-hybridized carbons (Fsp3) is 0.625. The average molecular weight is 603 g/mol. The molecule has 4 rings (SSSR count). The number of benzene rings is 1. The Morgan fingerprint density at radius 3 is 2.09 bits per heavy atom. The van der Waals surface area contributed by atoms with E-state index in [9.17, 15) is 39.6 Å². The topological polar surface area (TPSA) is 177 Å². The Bertz CT molecular complexity index is 1340. The van der Waals surface area contributed by atoms with E-state index in [1.54, 1.807) is 45.9 Å². The first-order chi connectivity index (χ1) is 19.9. The van der Waals surface area contributed by atoms with Crippen molar-refractivity contribution in [1.29, 1.82) is 0 Å². The maximum absolute atomic E-state index is 14.9. The average Bonchev–Trinajstić information content (AvgIpc) is 2.93. The van der Waals surface area contributed by atoms with E-state index in [4.69, 9.17) is 14.2 Å². The standard InChI is InChI=1S/C32H42O11/c1-16-13-22(41-18(3)34)31(39,15-33)25-27(43-28(38)20-11-9-8-10-12-20)32(40)14-21(36)17(2)23(29(32,5)6)24(42-19(4)35)26(37)30(16,25)7/h8-12,16,21-22,24-25,27,33,36,39-40H,13-15H2,1-7H3. The van der Waals surface area contributed by atoms with E-state index < -0.39 is 88.6 Å². The summed E-state index contributed by atoms with van der Waals surface area (Å²) in [7, 11) is 0. The van der Waals surface area contributed by atoms with Gasteiger partial charge in [0.25, 0.3) is 0 Å². The molecule has 11 heteroatoms. The molecule has 43 heavy (non-hydrogen) atoms. The highest BCUT2D eigenvalue weighted by Crippen LogP contribution is 2.63. The van der Waals surface area contributed by atoms with E-state index in [1.807, 2.05) is 0 Å². The number of esters is 3. The van der Waals surface area contributed by atoms with Crippen molar-refractivity contribution in [3.63, 3.8) is 0 Å². The minimum Gasteiger partial charge on any atom is -0.459 e. The van der Waals surface area contributed by atoms with Gasteiger partial charge in [-0.3, -0.25) is 14.4 Å². The quantitative estimate of drug-likeness (QED) is 0.220. The number of carbonyl (C=O) groups is 4. The monoisotopic (exact) mass is 602 g/mol. The third kappa shape index (κ3) is 4.90. The Hall–Kier alpha value is -3.12. The van der Waals surface area contributed by atoms with E-state index in [0.717, 1.165) is 13.8 Å². The summed E-state index contributed by atoms with van der Waals surface area (Å²) in [5.74, 6) is -5.42. The van der Waals surface area contributed by atoms with Gasteiger partial charge < -0.3 is 34.6 Å². The second-order valence-electron chi connectivity index (χ2n) is 13.1. The second kappa shape index (κ2) is 11.1. The zero-order valence-corrected chi connectivity index (χ0v) is 25.6. The zero-order chi connectivity index (χ0) is 32.3. The molecule has 236 valence electrons. The summed E-state index contributed by atoms with van der Waals surface area (Å²) in [4.78, 5) is 53.2. The Morgan fingerprint density at radius 1 is 0.977 bits per heavy atom. The van der Waals surface area contributed by atoms with Crippen LogP contribution < -0.4 is 0 Å². The van der Waals surface area contributed by atoms with Crippen LogP contribution in [0.1, 0.15) is 71.7 Å². The predicted octanol–water partition coefficient (Wildman–Crippen LogP) is 1.88. The zero-order valence-electron chi connectivity index (χ0n) is 25.6. The highest BCUT2D eigenvalue weighted by atomic mass is 16.6. The molecule has 1 aromatic carbocycles. The first-order valence-electron chi connectivity index (χ1n) is 14.5. The van der Waals surface area contributed by atoms with Gasteiger partial charge in [-0.1, -0.05) is 45.9 Å². The molecular formula is C32H42O11. The van der Waals surface area contributed by atoms with Crippen molar-refractivity contribution in [2.45, 2.75) is 96.9 Å². The van der Waals surface area contributed by atoms with Gasteiger partial charge in [0, 0.05) is 37.0 Å². The lowest BCUT2D eigenvalue weighted by Gasteiger charge is -2.64. The molecule has 0 aromatic heterocycles. The van der Waals surface area contributed by atoms with Gasteiger partial charge in [-0.05, 0) is 42.5 Å². The Morgan fingerprint density at radius 2 is 1.56 bits per heavy atom. The maximum Gasteiger partial charge on any atom is 0.338 e. The van der Waals surface area contributed by atoms with Gasteiger partial charge in [-0.25, -0.2) is 4.79 Å². The number of aliphatic hydroxyl groups is 4. The van der Waals surface area contributed by atoms with Crippen molar-refractivity contribution in [2.75, 3.05) is 6.61 Å². The number of hydrogen-bond acceptors (Lipinski definition) is 11. The smallest absolute Gasteiger partial charge is 0.338 e. The number of aliphatic hydroxyl groups excluding tert-OH is 2. The Labute approximate surface area is 250 Å². The molecule has 2 fully saturated rings. The predicted molar refractivity (Wildman–Crippen MR) is 151 cm³/mol. The molecule has 0 spiro atoms. The molecule has 9 unspecified atom stereocenters. The van der Waals surface area contributed by atoms with Crippen molar-refractivity contribution in [1.82, 2.24) is 0 Å². The molecule has 0 amide bonds. The summed E-state index contributed by atoms with van der Waals surface area (Å²) in [6, 6.07) is 7.92. The molecule has 0 radical (unpaired) electrons. The van der Waals surface area contributed by atoms with E-state index in [1.165, 1.54) is 19.1 Å². The van der Waals surface area contributed by atoms with Crippen LogP contribution in [0.5, 0.6) is 0 Å². The highest BCUT2D eigenvalue weighted by Gasteiger charge is 2.74. The lowest BCUT2D eigenvalue weighted by Crippen LogP contribution is -2.77. The summed E-state index contributed by atoms with van der Waals surface area (Å²) in [5.41, 5.74) is -7.24. The molecule has 0 aliphatic heterocycles. The molecule has 9 atom stereocenters. The number of ether oxygens (including phenoxy) is 3. The van der Waals surface area contributed by atoms with Crippen molar-refractivity contribution in [3.8, 4) is 0 Å². The molecule has 3 aliphatic carbocycles. The SMILES string of the molecule is CC(=O)OC1C(=O)C2(C)C(C)CC(OC(C)=O)C(O)(CO)C2C(OC(=O)c2ccccc2)C2(O)CC(O)C(C)=C1C2(C)C. The van der Waals surface area contributed by atoms with E-state index in [2.05, 4.69) is 0 Å². The van der Waals surface area contributed by atoms with E-state index in [0.29, 0.717) is 5.57 Å². The molecule has 3 aliphatic rings. The van der Waals surface area contributed by atoms with Crippen LogP contribution in [0.3, 0.4) is 0 Å². The number of carbonyl (C=O) groups excluding carboxylic acids is 4. The summed E-state index contributed by atoms with van der Waals surface area (Å²) in [6.45, 7) is 9.18. The number of rotatable bonds is 5. The third-order valence-corrected chi connectivity index (χ3v) is 10.4. The lowest BCUT2D eigenvalue weighted by molar-refractivity contribution is -0.280. The normalized spacial score (nSPS) is 38.7. The van der Waals surface area contributed by atoms with Gasteiger partial charge in [-0.15, -0.1) is 0 Å². The van der Waals surface area contributed by atoms with Crippen LogP contribution in [0.15, 0.2) is 41.5 Å². The fourth-order valence-corrected chi connectivity index (χ4v) is 7.83. The first-order valence-corrected chi connectivity index (χ1v) is 14.5. The third-order valence-electron chi connectivity index (χ3n) is 10.4. The number of Topliss-reactive ketones (excluding diaryl/α,β-unsaturated/α-hetero) is 1. The molecular weight excluding hydrogens is 560 g/mol. The number of fused-ring (bicyclic) bond motifs is 3. The molecule has 2 saturated carbocycles. The minimum absolute atomic E-state index is 0.0794. The van der Waals surface area contributed by atoms with Crippen molar-refractivity contribution in [2.24, 2.45) is 22.7 Å². The molecule has 0 saturated heterocycles. The largest absolute Gasteiger partial charge is 0.459 e. The number of hydrogen-bond donors (Lipinski definition) is 4. The Balaban J connectivity index is 2.11. The van der Waals surface area contributed by atoms with Crippen LogP contribution >= 0.6 is 0 Å². The fourth-order valence-electron chi connectivity index (χ4n) is 7.83. The van der Waals surface area contributed by atoms with Gasteiger partial charge in [0.2, 0.25) is 0 Å². The molecule has 2 bridgehead atoms. The van der Waals surface area contributed by atoms with Gasteiger partial charge in [0.05, 0.1) is 18.3 Å². The molecule has 11 nitrogen and oxygen atoms in total. The van der Waals surface area contributed by atoms with Crippen LogP contribution in [0.4, 0.5) is 0 Å². The van der Waals surface area contributed by atoms with E-state index in [-0.39, 0.29) is 24.0 Å². The first kappa shape index (κ1) is 32.8. The van der Waals surface area contributed by atoms with Gasteiger partial charge in [0.15, 0.2) is 11.9 Å². The van der Waals surface area contributed by atoms with Gasteiger partial charge in [0.1, 0.15) is 23.4 Å². The second-order valence-corrected chi connectivity index (χ2v) is 13.1. The summed E-state index contributed by atoms with van der Waals surface area (Å²) < 4.78 is 17.3. The Kier molecular flexibility index (Phi) is 8.47. The number of ketones is 1. The van der Waals surface area contributed by atoms with Crippen LogP contribution in [0.2, 0.25) is 0 Å². The minimum atomic E-state index is -2.42. The molecule has 4 N–H and O–H groups in total. The van der Waals surface area contributed by atoms with E-state index >= 15 is 0 Å². The molecule has 0 heterocycles. The van der Waals surface area contributed by atoms with Crippen LogP contribution in [0, 0.1) is 22.7 Å². The van der Waals surface area contributed by atoms with Gasteiger partial charge >= 0.3 is 17.9 Å². The van der Waals surface area contributed by atoms with Crippen molar-refractivity contribution < 1.29 is 53.8 Å². The molecule has 1 aromatic rings. The van der Waals surface area contributed by atoms with Crippen molar-refractivity contribution >= 4 is 23.7 Å². The highest BCUT2D eigenvalue weighted by molar-refractivity contribution is 5.95.